The van der Waals surface area contributed by atoms with Crippen LogP contribution >= 0.6 is 11.6 Å². The number of aryl methyl sites for hydroxylation is 1. The van der Waals surface area contributed by atoms with Crippen LogP contribution in [0.25, 0.3) is 0 Å². The fourth-order valence-corrected chi connectivity index (χ4v) is 2.60. The van der Waals surface area contributed by atoms with E-state index in [0.29, 0.717) is 16.7 Å². The number of nitrogens with two attached hydrogens (primary N) is 1. The van der Waals surface area contributed by atoms with Gasteiger partial charge < -0.3 is 10.5 Å². The predicted octanol–water partition coefficient (Wildman–Crippen LogP) is 5.58. The van der Waals surface area contributed by atoms with Gasteiger partial charge >= 0.3 is 0 Å². The van der Waals surface area contributed by atoms with Gasteiger partial charge in [-0.25, -0.2) is 0 Å². The quantitative estimate of drug-likeness (QED) is 0.799. The molecule has 112 valence electrons. The predicted molar refractivity (Wildman–Crippen MR) is 89.4 cm³/mol. The minimum absolute atomic E-state index is 0.0379. The van der Waals surface area contributed by atoms with Crippen LogP contribution in [0.2, 0.25) is 5.02 Å². The molecule has 0 aromatic heterocycles. The molecule has 0 spiro atoms. The van der Waals surface area contributed by atoms with Crippen LogP contribution < -0.4 is 10.5 Å². The van der Waals surface area contributed by atoms with Crippen molar-refractivity contribution in [2.45, 2.75) is 39.7 Å². The van der Waals surface area contributed by atoms with E-state index in [-0.39, 0.29) is 6.04 Å². The molecule has 2 rings (SSSR count). The maximum Gasteiger partial charge on any atom is 0.146 e. The van der Waals surface area contributed by atoms with Gasteiger partial charge in [0.1, 0.15) is 11.5 Å². The monoisotopic (exact) mass is 303 g/mol. The number of ether oxygens (including phenoxy) is 1. The lowest BCUT2D eigenvalue weighted by Crippen LogP contribution is -2.04. The van der Waals surface area contributed by atoms with E-state index in [9.17, 15) is 0 Å². The second-order valence-corrected chi connectivity index (χ2v) is 6.16. The summed E-state index contributed by atoms with van der Waals surface area (Å²) in [5.74, 6) is 1.96. The largest absolute Gasteiger partial charge is 0.456 e. The Bertz CT molecular complexity index is 635. The second kappa shape index (κ2) is 6.50. The molecule has 0 heterocycles. The molecule has 0 saturated heterocycles. The summed E-state index contributed by atoms with van der Waals surface area (Å²) < 4.78 is 5.89. The third-order valence-electron chi connectivity index (χ3n) is 3.57. The third-order valence-corrected chi connectivity index (χ3v) is 3.87. The molecular weight excluding hydrogens is 282 g/mol. The average molecular weight is 304 g/mol. The van der Waals surface area contributed by atoms with Crippen molar-refractivity contribution >= 4 is 11.6 Å². The van der Waals surface area contributed by atoms with Crippen LogP contribution in [0.15, 0.2) is 36.4 Å². The molecule has 2 aromatic carbocycles. The van der Waals surface area contributed by atoms with E-state index in [0.717, 1.165) is 11.3 Å². The molecule has 0 aliphatic heterocycles. The van der Waals surface area contributed by atoms with E-state index in [1.165, 1.54) is 11.1 Å². The minimum Gasteiger partial charge on any atom is -0.456 e. The van der Waals surface area contributed by atoms with Crippen molar-refractivity contribution in [3.8, 4) is 11.5 Å². The first-order valence-corrected chi connectivity index (χ1v) is 7.59. The molecule has 2 nitrogen and oxygen atoms in total. The Hall–Kier alpha value is -1.51. The number of hydrogen-bond donors (Lipinski definition) is 1. The summed E-state index contributed by atoms with van der Waals surface area (Å²) in [6.45, 7) is 8.40. The van der Waals surface area contributed by atoms with Crippen molar-refractivity contribution in [2.75, 3.05) is 0 Å². The van der Waals surface area contributed by atoms with Crippen LogP contribution in [0.1, 0.15) is 49.4 Å². The zero-order chi connectivity index (χ0) is 15.6. The summed E-state index contributed by atoms with van der Waals surface area (Å²) in [4.78, 5) is 0. The van der Waals surface area contributed by atoms with Crippen LogP contribution in [0, 0.1) is 6.92 Å². The third kappa shape index (κ3) is 3.78. The first-order valence-electron chi connectivity index (χ1n) is 7.22. The Kier molecular flexibility index (Phi) is 4.92. The van der Waals surface area contributed by atoms with Crippen molar-refractivity contribution in [3.05, 3.63) is 58.1 Å². The lowest BCUT2D eigenvalue weighted by Gasteiger charge is -2.14. The first-order chi connectivity index (χ1) is 9.88. The standard InChI is InChI=1S/C18H22ClNO/c1-11(2)16-7-6-15(9-12(16)3)21-18-8-5-14(13(4)20)10-17(18)19/h5-11,13H,20H2,1-4H3/t13-/m0/s1. The molecule has 2 N–H and O–H groups in total. The van der Waals surface area contributed by atoms with E-state index >= 15 is 0 Å². The number of benzene rings is 2. The minimum atomic E-state index is -0.0379. The topological polar surface area (TPSA) is 35.2 Å². The van der Waals surface area contributed by atoms with Crippen LogP contribution in [-0.4, -0.2) is 0 Å². The number of rotatable bonds is 4. The normalized spacial score (nSPS) is 12.5. The van der Waals surface area contributed by atoms with E-state index in [4.69, 9.17) is 22.1 Å². The van der Waals surface area contributed by atoms with Gasteiger partial charge in [-0.15, -0.1) is 0 Å². The molecule has 21 heavy (non-hydrogen) atoms. The van der Waals surface area contributed by atoms with E-state index in [1.807, 2.05) is 37.3 Å². The number of halogens is 1. The van der Waals surface area contributed by atoms with Crippen molar-refractivity contribution in [1.29, 1.82) is 0 Å². The van der Waals surface area contributed by atoms with Gasteiger partial charge in [-0.1, -0.05) is 37.6 Å². The van der Waals surface area contributed by atoms with Crippen LogP contribution in [0.5, 0.6) is 11.5 Å². The zero-order valence-corrected chi connectivity index (χ0v) is 13.7. The van der Waals surface area contributed by atoms with Crippen LogP contribution in [0.4, 0.5) is 0 Å². The molecule has 0 aliphatic rings. The Morgan fingerprint density at radius 1 is 1.05 bits per heavy atom. The summed E-state index contributed by atoms with van der Waals surface area (Å²) in [5.41, 5.74) is 9.41. The van der Waals surface area contributed by atoms with Gasteiger partial charge in [-0.2, -0.15) is 0 Å². The highest BCUT2D eigenvalue weighted by Crippen LogP contribution is 2.32. The highest BCUT2D eigenvalue weighted by Gasteiger charge is 2.09. The molecule has 0 amide bonds. The Morgan fingerprint density at radius 2 is 1.76 bits per heavy atom. The second-order valence-electron chi connectivity index (χ2n) is 5.75. The lowest BCUT2D eigenvalue weighted by atomic mass is 9.98. The summed E-state index contributed by atoms with van der Waals surface area (Å²) >= 11 is 6.26. The molecule has 0 unspecified atom stereocenters. The van der Waals surface area contributed by atoms with Gasteiger partial charge in [-0.05, 0) is 60.7 Å². The van der Waals surface area contributed by atoms with E-state index in [2.05, 4.69) is 26.8 Å². The highest BCUT2D eigenvalue weighted by atomic mass is 35.5. The van der Waals surface area contributed by atoms with Gasteiger partial charge in [0.25, 0.3) is 0 Å². The van der Waals surface area contributed by atoms with Crippen molar-refractivity contribution in [3.63, 3.8) is 0 Å². The SMILES string of the molecule is Cc1cc(Oc2ccc([C@H](C)N)cc2Cl)ccc1C(C)C. The first kappa shape index (κ1) is 15.9. The van der Waals surface area contributed by atoms with Gasteiger partial charge in [0.15, 0.2) is 0 Å². The summed E-state index contributed by atoms with van der Waals surface area (Å²) in [6.07, 6.45) is 0. The average Bonchev–Trinajstić information content (AvgIpc) is 2.40. The summed E-state index contributed by atoms with van der Waals surface area (Å²) in [6, 6.07) is 11.8. The fourth-order valence-electron chi connectivity index (χ4n) is 2.37. The Balaban J connectivity index is 2.24. The van der Waals surface area contributed by atoms with E-state index < -0.39 is 0 Å². The lowest BCUT2D eigenvalue weighted by molar-refractivity contribution is 0.481. The van der Waals surface area contributed by atoms with Gasteiger partial charge in [0, 0.05) is 6.04 Å². The molecule has 0 aliphatic carbocycles. The van der Waals surface area contributed by atoms with Crippen molar-refractivity contribution in [2.24, 2.45) is 5.73 Å². The van der Waals surface area contributed by atoms with Crippen molar-refractivity contribution in [1.82, 2.24) is 0 Å². The van der Waals surface area contributed by atoms with Crippen LogP contribution in [-0.2, 0) is 0 Å². The maximum absolute atomic E-state index is 6.26. The molecule has 2 aromatic rings. The molecule has 0 fully saturated rings. The summed E-state index contributed by atoms with van der Waals surface area (Å²) in [7, 11) is 0. The maximum atomic E-state index is 6.26. The van der Waals surface area contributed by atoms with Gasteiger partial charge in [-0.3, -0.25) is 0 Å². The smallest absolute Gasteiger partial charge is 0.146 e. The molecule has 0 radical (unpaired) electrons. The van der Waals surface area contributed by atoms with Gasteiger partial charge in [0.2, 0.25) is 0 Å². The molecular formula is C18H22ClNO. The van der Waals surface area contributed by atoms with Gasteiger partial charge in [0.05, 0.1) is 5.02 Å². The van der Waals surface area contributed by atoms with Crippen molar-refractivity contribution < 1.29 is 4.74 Å². The molecule has 0 saturated carbocycles. The Labute approximate surface area is 131 Å². The summed E-state index contributed by atoms with van der Waals surface area (Å²) in [5, 5.41) is 0.579. The number of hydrogen-bond acceptors (Lipinski definition) is 2. The molecule has 3 heteroatoms. The Morgan fingerprint density at radius 3 is 2.29 bits per heavy atom. The molecule has 1 atom stereocenters. The fraction of sp³-hybridized carbons (Fsp3) is 0.333. The molecule has 0 bridgehead atoms. The zero-order valence-electron chi connectivity index (χ0n) is 13.0. The highest BCUT2D eigenvalue weighted by molar-refractivity contribution is 6.32. The van der Waals surface area contributed by atoms with Crippen LogP contribution in [0.3, 0.4) is 0 Å². The van der Waals surface area contributed by atoms with E-state index in [1.54, 1.807) is 0 Å².